The van der Waals surface area contributed by atoms with Crippen molar-refractivity contribution in [1.29, 1.82) is 0 Å². The molecule has 0 heterocycles. The summed E-state index contributed by atoms with van der Waals surface area (Å²) in [5.74, 6) is 0.201. The highest BCUT2D eigenvalue weighted by Crippen LogP contribution is 2.54. The Hall–Kier alpha value is -0.696. The summed E-state index contributed by atoms with van der Waals surface area (Å²) < 4.78 is 19.5. The maximum atomic E-state index is 12.1. The number of hydrogen-bond acceptors (Lipinski definition) is 4. The van der Waals surface area contributed by atoms with Gasteiger partial charge in [-0.05, 0) is 91.4 Å². The van der Waals surface area contributed by atoms with E-state index in [0.29, 0.717) is 12.5 Å². The maximum Gasteiger partial charge on any atom is 0.303 e. The number of carbonyl (C=O) groups excluding carboxylic acids is 1. The first-order chi connectivity index (χ1) is 16.0. The molecule has 0 amide bonds. The lowest BCUT2D eigenvalue weighted by Gasteiger charge is -2.50. The predicted molar refractivity (Wildman–Crippen MR) is 153 cm³/mol. The Balaban J connectivity index is 2.29. The van der Waals surface area contributed by atoms with Gasteiger partial charge in [-0.2, -0.15) is 0 Å². The fraction of sp³-hybridized carbons (Fsp3) is 0.828. The van der Waals surface area contributed by atoms with Gasteiger partial charge >= 0.3 is 5.97 Å². The van der Waals surface area contributed by atoms with Gasteiger partial charge in [0.05, 0.1) is 12.7 Å². The molecule has 35 heavy (non-hydrogen) atoms. The molecule has 202 valence electrons. The molecule has 4 nitrogen and oxygen atoms in total. The standard InChI is InChI=1S/C29H54O4Si2/c1-13-35(14-2,15-3)33-26-19-29(10)17-16-24(18-25(29)22(5)27(26)32-23(6)30)21(4)20-31-34(11,12)28(7,8)9/h24,26-27H,4,13-20H2,1-3,5-12H3. The topological polar surface area (TPSA) is 44.8 Å². The van der Waals surface area contributed by atoms with Crippen molar-refractivity contribution in [3.8, 4) is 0 Å². The molecule has 0 saturated heterocycles. The van der Waals surface area contributed by atoms with Gasteiger partial charge in [0.1, 0.15) is 6.10 Å². The largest absolute Gasteiger partial charge is 0.455 e. The molecule has 2 rings (SSSR count). The summed E-state index contributed by atoms with van der Waals surface area (Å²) in [6.07, 6.45) is 3.87. The van der Waals surface area contributed by atoms with E-state index in [-0.39, 0.29) is 28.6 Å². The molecule has 6 heteroatoms. The number of allylic oxidation sites excluding steroid dienone is 1. The van der Waals surface area contributed by atoms with Gasteiger partial charge in [-0.25, -0.2) is 0 Å². The quantitative estimate of drug-likeness (QED) is 0.164. The molecular formula is C29H54O4Si2. The summed E-state index contributed by atoms with van der Waals surface area (Å²) in [6.45, 7) is 29.5. The lowest BCUT2D eigenvalue weighted by Crippen LogP contribution is -2.51. The molecule has 2 aliphatic carbocycles. The Bertz CT molecular complexity index is 798. The first-order valence-corrected chi connectivity index (χ1v) is 19.3. The Morgan fingerprint density at radius 3 is 2.20 bits per heavy atom. The molecule has 4 unspecified atom stereocenters. The Kier molecular flexibility index (Phi) is 9.91. The van der Waals surface area contributed by atoms with Gasteiger partial charge in [0, 0.05) is 6.92 Å². The van der Waals surface area contributed by atoms with Crippen molar-refractivity contribution in [2.24, 2.45) is 11.3 Å². The molecule has 0 N–H and O–H groups in total. The van der Waals surface area contributed by atoms with Crippen LogP contribution in [0.4, 0.5) is 0 Å². The highest BCUT2D eigenvalue weighted by molar-refractivity contribution is 6.74. The lowest BCUT2D eigenvalue weighted by atomic mass is 9.60. The Morgan fingerprint density at radius 1 is 1.14 bits per heavy atom. The zero-order valence-corrected chi connectivity index (χ0v) is 26.7. The molecule has 4 atom stereocenters. The van der Waals surface area contributed by atoms with Crippen LogP contribution >= 0.6 is 0 Å². The Morgan fingerprint density at radius 2 is 1.71 bits per heavy atom. The van der Waals surface area contributed by atoms with E-state index < -0.39 is 16.6 Å². The van der Waals surface area contributed by atoms with Gasteiger partial charge in [-0.3, -0.25) is 4.79 Å². The van der Waals surface area contributed by atoms with E-state index in [9.17, 15) is 4.79 Å². The molecule has 0 bridgehead atoms. The van der Waals surface area contributed by atoms with E-state index in [1.54, 1.807) is 0 Å². The molecule has 1 saturated carbocycles. The van der Waals surface area contributed by atoms with E-state index in [4.69, 9.17) is 13.6 Å². The fourth-order valence-corrected chi connectivity index (χ4v) is 9.65. The van der Waals surface area contributed by atoms with Crippen LogP contribution in [0.15, 0.2) is 23.3 Å². The molecule has 0 aromatic rings. The predicted octanol–water partition coefficient (Wildman–Crippen LogP) is 8.41. The van der Waals surface area contributed by atoms with Crippen LogP contribution in [0.25, 0.3) is 0 Å². The van der Waals surface area contributed by atoms with Crippen LogP contribution in [0, 0.1) is 11.3 Å². The van der Waals surface area contributed by atoms with E-state index in [1.807, 2.05) is 0 Å². The first-order valence-electron chi connectivity index (χ1n) is 13.9. The van der Waals surface area contributed by atoms with Crippen molar-refractivity contribution in [1.82, 2.24) is 0 Å². The number of esters is 1. The van der Waals surface area contributed by atoms with Crippen LogP contribution < -0.4 is 0 Å². The highest BCUT2D eigenvalue weighted by atomic mass is 28.4. The van der Waals surface area contributed by atoms with Gasteiger partial charge < -0.3 is 13.6 Å². The number of ether oxygens (including phenoxy) is 1. The van der Waals surface area contributed by atoms with E-state index in [2.05, 4.69) is 75.1 Å². The number of hydrogen-bond donors (Lipinski definition) is 0. The molecule has 0 aromatic carbocycles. The fourth-order valence-electron chi connectivity index (χ4n) is 5.83. The molecule has 2 aliphatic rings. The minimum Gasteiger partial charge on any atom is -0.455 e. The second-order valence-corrected chi connectivity index (χ2v) is 22.5. The Labute approximate surface area is 218 Å². The lowest BCUT2D eigenvalue weighted by molar-refractivity contribution is -0.151. The normalized spacial score (nSPS) is 28.0. The van der Waals surface area contributed by atoms with Crippen molar-refractivity contribution in [3.63, 3.8) is 0 Å². The zero-order chi connectivity index (χ0) is 26.8. The highest BCUT2D eigenvalue weighted by Gasteiger charge is 2.49. The second-order valence-electron chi connectivity index (χ2n) is 13.0. The average Bonchev–Trinajstić information content (AvgIpc) is 2.77. The summed E-state index contributed by atoms with van der Waals surface area (Å²) in [4.78, 5) is 12.1. The van der Waals surface area contributed by atoms with E-state index in [1.165, 1.54) is 23.6 Å². The van der Waals surface area contributed by atoms with Crippen molar-refractivity contribution < 1.29 is 18.4 Å². The van der Waals surface area contributed by atoms with Gasteiger partial charge in [-0.1, -0.05) is 60.6 Å². The molecule has 1 fully saturated rings. The van der Waals surface area contributed by atoms with E-state index in [0.717, 1.165) is 43.8 Å². The smallest absolute Gasteiger partial charge is 0.303 e. The van der Waals surface area contributed by atoms with Crippen LogP contribution in [0.1, 0.15) is 88.0 Å². The van der Waals surface area contributed by atoms with Crippen LogP contribution in [-0.2, 0) is 18.4 Å². The first kappa shape index (κ1) is 30.5. The molecular weight excluding hydrogens is 468 g/mol. The minimum atomic E-state index is -1.83. The van der Waals surface area contributed by atoms with Crippen molar-refractivity contribution in [2.75, 3.05) is 6.61 Å². The van der Waals surface area contributed by atoms with Gasteiger partial charge in [0.2, 0.25) is 0 Å². The summed E-state index contributed by atoms with van der Waals surface area (Å²) >= 11 is 0. The van der Waals surface area contributed by atoms with Gasteiger partial charge in [0.25, 0.3) is 0 Å². The van der Waals surface area contributed by atoms with Gasteiger partial charge in [-0.15, -0.1) is 0 Å². The third kappa shape index (κ3) is 6.79. The molecule has 0 aromatic heterocycles. The number of carbonyl (C=O) groups is 1. The van der Waals surface area contributed by atoms with Crippen LogP contribution in [0.2, 0.25) is 36.3 Å². The van der Waals surface area contributed by atoms with Crippen molar-refractivity contribution >= 4 is 22.6 Å². The summed E-state index contributed by atoms with van der Waals surface area (Å²) in [5, 5.41) is 0.196. The minimum absolute atomic E-state index is 0.0409. The second kappa shape index (κ2) is 11.4. The summed E-state index contributed by atoms with van der Waals surface area (Å²) in [5.41, 5.74) is 3.99. The maximum absolute atomic E-state index is 12.1. The molecule has 0 radical (unpaired) electrons. The number of rotatable bonds is 10. The van der Waals surface area contributed by atoms with Crippen LogP contribution in [0.3, 0.4) is 0 Å². The molecule has 0 aliphatic heterocycles. The van der Waals surface area contributed by atoms with Crippen LogP contribution in [-0.4, -0.2) is 41.4 Å². The zero-order valence-electron chi connectivity index (χ0n) is 24.7. The van der Waals surface area contributed by atoms with E-state index >= 15 is 0 Å². The third-order valence-corrected chi connectivity index (χ3v) is 18.9. The van der Waals surface area contributed by atoms with Crippen molar-refractivity contribution in [3.05, 3.63) is 23.3 Å². The third-order valence-electron chi connectivity index (χ3n) is 9.75. The number of fused-ring (bicyclic) bond motifs is 1. The van der Waals surface area contributed by atoms with Gasteiger partial charge in [0.15, 0.2) is 16.6 Å². The summed E-state index contributed by atoms with van der Waals surface area (Å²) in [7, 11) is -3.64. The van der Waals surface area contributed by atoms with Crippen molar-refractivity contribution in [2.45, 2.75) is 136 Å². The monoisotopic (exact) mass is 522 g/mol. The van der Waals surface area contributed by atoms with Crippen LogP contribution in [0.5, 0.6) is 0 Å². The average molecular weight is 523 g/mol. The summed E-state index contributed by atoms with van der Waals surface area (Å²) in [6, 6.07) is 3.31. The molecule has 0 spiro atoms. The SMILES string of the molecule is C=C(CO[Si](C)(C)C(C)(C)C)C1CCC2(C)CC(O[Si](CC)(CC)CC)C(OC(C)=O)C(C)=C2C1.